The summed E-state index contributed by atoms with van der Waals surface area (Å²) >= 11 is 2.24. The summed E-state index contributed by atoms with van der Waals surface area (Å²) in [5, 5.41) is 17.2. The molecule has 10 nitrogen and oxygen atoms in total. The Morgan fingerprint density at radius 1 is 1.43 bits per heavy atom. The molecule has 0 bridgehead atoms. The van der Waals surface area contributed by atoms with E-state index in [4.69, 9.17) is 10.9 Å². The molecule has 0 spiro atoms. The molecule has 0 fully saturated rings. The van der Waals surface area contributed by atoms with Crippen LogP contribution in [-0.2, 0) is 16.1 Å². The maximum Gasteiger partial charge on any atom is 0.270 e. The number of thiazole rings is 1. The van der Waals surface area contributed by atoms with Crippen LogP contribution in [0.15, 0.2) is 33.8 Å². The Morgan fingerprint density at radius 3 is 2.90 bits per heavy atom. The Hall–Kier alpha value is -3.43. The molecule has 0 aliphatic heterocycles. The smallest absolute Gasteiger partial charge is 0.270 e. The predicted octanol–water partition coefficient (Wildman–Crippen LogP) is 2.34. The quantitative estimate of drug-likeness (QED) is 0.335. The number of benzene rings is 1. The number of nitrogens with one attached hydrogen (secondary N) is 1. The predicted molar refractivity (Wildman–Crippen MR) is 113 cm³/mol. The Labute approximate surface area is 178 Å². The Balaban J connectivity index is 1.69. The molecule has 0 atom stereocenters. The first-order chi connectivity index (χ1) is 14.4. The zero-order valence-corrected chi connectivity index (χ0v) is 17.3. The number of hydrogen-bond donors (Lipinski definition) is 1. The lowest BCUT2D eigenvalue weighted by atomic mass is 10.3. The van der Waals surface area contributed by atoms with Gasteiger partial charge < -0.3 is 14.4 Å². The molecule has 0 unspecified atom stereocenters. The van der Waals surface area contributed by atoms with Crippen molar-refractivity contribution in [3.8, 4) is 12.3 Å². The van der Waals surface area contributed by atoms with E-state index < -0.39 is 10.8 Å². The van der Waals surface area contributed by atoms with E-state index in [1.54, 1.807) is 23.6 Å². The molecular weight excluding hydrogens is 430 g/mol. The highest BCUT2D eigenvalue weighted by molar-refractivity contribution is 8.00. The number of amides is 2. The molecule has 3 aromatic rings. The normalized spacial score (nSPS) is 11.4. The number of aryl methyl sites for hydroxylation is 1. The highest BCUT2D eigenvalue weighted by Gasteiger charge is 2.13. The van der Waals surface area contributed by atoms with Gasteiger partial charge in [-0.15, -0.1) is 18.2 Å². The number of aromatic nitrogens is 2. The average Bonchev–Trinajstić information content (AvgIpc) is 3.24. The van der Waals surface area contributed by atoms with E-state index in [1.165, 1.54) is 12.1 Å². The summed E-state index contributed by atoms with van der Waals surface area (Å²) in [7, 11) is 0. The molecule has 0 aliphatic carbocycles. The van der Waals surface area contributed by atoms with Gasteiger partial charge in [-0.05, 0) is 13.0 Å². The van der Waals surface area contributed by atoms with Gasteiger partial charge in [0.05, 0.1) is 33.2 Å². The molecule has 1 aromatic carbocycles. The van der Waals surface area contributed by atoms with Gasteiger partial charge in [0.25, 0.3) is 11.6 Å². The highest BCUT2D eigenvalue weighted by Crippen LogP contribution is 2.23. The highest BCUT2D eigenvalue weighted by atomic mass is 32.2. The minimum atomic E-state index is -0.491. The van der Waals surface area contributed by atoms with Crippen molar-refractivity contribution in [3.63, 3.8) is 0 Å². The van der Waals surface area contributed by atoms with Crippen LogP contribution in [0.2, 0.25) is 0 Å². The van der Waals surface area contributed by atoms with E-state index in [9.17, 15) is 19.7 Å². The summed E-state index contributed by atoms with van der Waals surface area (Å²) in [4.78, 5) is 39.0. The molecular formula is C18H15N5O5S2. The Kier molecular flexibility index (Phi) is 6.65. The SMILES string of the molecule is C#CCn1c(=NC(=O)CSCC(=O)Nc2cc(C)on2)sc2cc([N+](=O)[O-])ccc21. The molecule has 2 amide bonds. The van der Waals surface area contributed by atoms with Gasteiger partial charge in [-0.2, -0.15) is 4.99 Å². The van der Waals surface area contributed by atoms with E-state index in [-0.39, 0.29) is 29.6 Å². The van der Waals surface area contributed by atoms with Crippen molar-refractivity contribution in [2.45, 2.75) is 13.5 Å². The molecule has 0 saturated carbocycles. The largest absolute Gasteiger partial charge is 0.360 e. The number of rotatable bonds is 7. The van der Waals surface area contributed by atoms with Gasteiger partial charge in [0, 0.05) is 18.2 Å². The monoisotopic (exact) mass is 445 g/mol. The number of thioether (sulfide) groups is 1. The van der Waals surface area contributed by atoms with Crippen LogP contribution in [-0.4, -0.2) is 38.0 Å². The van der Waals surface area contributed by atoms with Gasteiger partial charge in [-0.25, -0.2) is 0 Å². The van der Waals surface area contributed by atoms with Gasteiger partial charge in [-0.3, -0.25) is 19.7 Å². The van der Waals surface area contributed by atoms with Gasteiger partial charge in [0.2, 0.25) is 5.91 Å². The van der Waals surface area contributed by atoms with Gasteiger partial charge >= 0.3 is 0 Å². The standard InChI is InChI=1S/C18H15N5O5S2/c1-3-6-22-13-5-4-12(23(26)27)8-14(13)30-18(22)20-17(25)10-29-9-16(24)19-15-7-11(2)28-21-15/h1,4-5,7-8H,6,9-10H2,2H3,(H,19,21,24). The van der Waals surface area contributed by atoms with Crippen molar-refractivity contribution in [1.82, 2.24) is 9.72 Å². The number of nitro groups is 1. The fourth-order valence-electron chi connectivity index (χ4n) is 2.48. The van der Waals surface area contributed by atoms with Crippen LogP contribution in [0.25, 0.3) is 10.2 Å². The number of hydrogen-bond acceptors (Lipinski definition) is 8. The van der Waals surface area contributed by atoms with Crippen LogP contribution in [0.5, 0.6) is 0 Å². The van der Waals surface area contributed by atoms with Crippen LogP contribution in [0.3, 0.4) is 0 Å². The number of nitrogens with zero attached hydrogens (tertiary/aromatic N) is 4. The minimum absolute atomic E-state index is 0.0181. The second-order valence-corrected chi connectivity index (χ2v) is 7.95. The van der Waals surface area contributed by atoms with Crippen molar-refractivity contribution in [2.75, 3.05) is 16.8 Å². The maximum atomic E-state index is 12.3. The van der Waals surface area contributed by atoms with Crippen LogP contribution < -0.4 is 10.1 Å². The lowest BCUT2D eigenvalue weighted by molar-refractivity contribution is -0.384. The summed E-state index contributed by atoms with van der Waals surface area (Å²) in [6.07, 6.45) is 5.41. The third-order valence-electron chi connectivity index (χ3n) is 3.70. The number of non-ortho nitro benzene ring substituents is 1. The van der Waals surface area contributed by atoms with E-state index in [0.29, 0.717) is 26.6 Å². The van der Waals surface area contributed by atoms with E-state index in [2.05, 4.69) is 21.4 Å². The number of anilines is 1. The summed E-state index contributed by atoms with van der Waals surface area (Å²) in [5.41, 5.74) is 0.600. The molecule has 12 heteroatoms. The topological polar surface area (TPSA) is 133 Å². The molecule has 3 rings (SSSR count). The van der Waals surface area contributed by atoms with Crippen molar-refractivity contribution in [1.29, 1.82) is 0 Å². The number of fused-ring (bicyclic) bond motifs is 1. The first-order valence-electron chi connectivity index (χ1n) is 8.47. The molecule has 2 aromatic heterocycles. The fraction of sp³-hybridized carbons (Fsp3) is 0.222. The molecule has 0 saturated heterocycles. The summed E-state index contributed by atoms with van der Waals surface area (Å²) in [6.45, 7) is 1.87. The van der Waals surface area contributed by atoms with Crippen LogP contribution in [0.1, 0.15) is 5.76 Å². The van der Waals surface area contributed by atoms with Crippen molar-refractivity contribution in [3.05, 3.63) is 44.9 Å². The Morgan fingerprint density at radius 2 is 2.23 bits per heavy atom. The van der Waals surface area contributed by atoms with E-state index >= 15 is 0 Å². The van der Waals surface area contributed by atoms with Gasteiger partial charge in [-0.1, -0.05) is 22.4 Å². The maximum absolute atomic E-state index is 12.3. The first-order valence-corrected chi connectivity index (χ1v) is 10.4. The van der Waals surface area contributed by atoms with Crippen LogP contribution in [0, 0.1) is 29.4 Å². The zero-order chi connectivity index (χ0) is 21.7. The second kappa shape index (κ2) is 9.38. The third kappa shape index (κ3) is 5.13. The van der Waals surface area contributed by atoms with E-state index in [1.807, 2.05) is 0 Å². The second-order valence-electron chi connectivity index (χ2n) is 5.95. The lowest BCUT2D eigenvalue weighted by Crippen LogP contribution is -2.18. The molecule has 154 valence electrons. The Bertz CT molecular complexity index is 1230. The number of carbonyl (C=O) groups excluding carboxylic acids is 2. The van der Waals surface area contributed by atoms with Gasteiger partial charge in [0.1, 0.15) is 5.76 Å². The molecule has 1 N–H and O–H groups in total. The summed E-state index contributed by atoms with van der Waals surface area (Å²) in [6, 6.07) is 5.95. The van der Waals surface area contributed by atoms with Crippen molar-refractivity contribution >= 4 is 56.6 Å². The number of terminal acetylenes is 1. The summed E-state index contributed by atoms with van der Waals surface area (Å²) < 4.78 is 7.10. The molecule has 0 aliphatic rings. The van der Waals surface area contributed by atoms with Crippen LogP contribution in [0.4, 0.5) is 11.5 Å². The van der Waals surface area contributed by atoms with Crippen molar-refractivity contribution < 1.29 is 19.0 Å². The molecule has 30 heavy (non-hydrogen) atoms. The van der Waals surface area contributed by atoms with Crippen molar-refractivity contribution in [2.24, 2.45) is 4.99 Å². The zero-order valence-electron chi connectivity index (χ0n) is 15.7. The first kappa shape index (κ1) is 21.3. The summed E-state index contributed by atoms with van der Waals surface area (Å²) in [5.74, 6) is 2.62. The molecule has 0 radical (unpaired) electrons. The third-order valence-corrected chi connectivity index (χ3v) is 5.66. The van der Waals surface area contributed by atoms with Crippen LogP contribution >= 0.6 is 23.1 Å². The number of carbonyl (C=O) groups is 2. The molecule has 2 heterocycles. The number of nitro benzene ring substituents is 1. The van der Waals surface area contributed by atoms with Gasteiger partial charge in [0.15, 0.2) is 10.6 Å². The van der Waals surface area contributed by atoms with E-state index in [0.717, 1.165) is 23.1 Å². The lowest BCUT2D eigenvalue weighted by Gasteiger charge is -2.00. The minimum Gasteiger partial charge on any atom is -0.360 e. The average molecular weight is 445 g/mol. The fourth-order valence-corrected chi connectivity index (χ4v) is 4.16.